The lowest BCUT2D eigenvalue weighted by Gasteiger charge is -2.35. The molecule has 0 saturated heterocycles. The number of hydrogen-bond donors (Lipinski definition) is 2. The number of carbonyl (C=O) groups excluding carboxylic acids is 1. The highest BCUT2D eigenvalue weighted by atomic mass is 79.9. The van der Waals surface area contributed by atoms with Crippen LogP contribution in [-0.2, 0) is 4.74 Å². The topological polar surface area (TPSA) is 58.6 Å². The van der Waals surface area contributed by atoms with Gasteiger partial charge in [-0.05, 0) is 33.6 Å². The van der Waals surface area contributed by atoms with Gasteiger partial charge in [0.05, 0.1) is 11.6 Å². The summed E-state index contributed by atoms with van der Waals surface area (Å²) in [5.41, 5.74) is -1.03. The summed E-state index contributed by atoms with van der Waals surface area (Å²) in [4.78, 5) is 11.8. The lowest BCUT2D eigenvalue weighted by molar-refractivity contribution is 0.0281. The number of aliphatic hydroxyl groups excluding tert-OH is 1. The molecule has 0 heterocycles. The molecule has 0 aromatic heterocycles. The molecule has 4 nitrogen and oxygen atoms in total. The molecule has 1 unspecified atom stereocenters. The summed E-state index contributed by atoms with van der Waals surface area (Å²) in [6.45, 7) is 5.48. The first-order valence-electron chi connectivity index (χ1n) is 6.04. The van der Waals surface area contributed by atoms with E-state index in [-0.39, 0.29) is 0 Å². The first-order valence-corrected chi connectivity index (χ1v) is 7.16. The number of carbonyl (C=O) groups is 1. The van der Waals surface area contributed by atoms with Crippen LogP contribution in [0, 0.1) is 0 Å². The minimum atomic E-state index is -0.572. The fourth-order valence-corrected chi connectivity index (χ4v) is 2.82. The van der Waals surface area contributed by atoms with Gasteiger partial charge in [-0.15, -0.1) is 0 Å². The minimum absolute atomic E-state index is 0.445. The summed E-state index contributed by atoms with van der Waals surface area (Å²) in [5.74, 6) is 0. The second-order valence-electron chi connectivity index (χ2n) is 5.66. The average molecular weight is 308 g/mol. The molecule has 0 radical (unpaired) electrons. The van der Waals surface area contributed by atoms with E-state index in [1.807, 2.05) is 20.8 Å². The molecule has 1 fully saturated rings. The van der Waals surface area contributed by atoms with E-state index in [4.69, 9.17) is 4.74 Å². The van der Waals surface area contributed by atoms with Gasteiger partial charge in [0.2, 0.25) is 0 Å². The predicted octanol–water partition coefficient (Wildman–Crippen LogP) is 2.58. The number of ether oxygens (including phenoxy) is 1. The third-order valence-corrected chi connectivity index (χ3v) is 3.64. The monoisotopic (exact) mass is 307 g/mol. The van der Waals surface area contributed by atoms with Crippen LogP contribution in [0.2, 0.25) is 0 Å². The quantitative estimate of drug-likeness (QED) is 0.788. The van der Waals surface area contributed by atoms with Crippen molar-refractivity contribution in [2.24, 2.45) is 0 Å². The van der Waals surface area contributed by atoms with Gasteiger partial charge in [-0.3, -0.25) is 0 Å². The van der Waals surface area contributed by atoms with Gasteiger partial charge >= 0.3 is 6.09 Å². The fourth-order valence-electron chi connectivity index (χ4n) is 2.20. The molecule has 1 aliphatic rings. The zero-order valence-electron chi connectivity index (χ0n) is 10.8. The number of alkyl halides is 1. The van der Waals surface area contributed by atoms with Gasteiger partial charge in [0.1, 0.15) is 5.60 Å². The lowest BCUT2D eigenvalue weighted by atomic mass is 9.91. The molecule has 1 atom stereocenters. The molecule has 100 valence electrons. The third kappa shape index (κ3) is 4.14. The second kappa shape index (κ2) is 5.57. The summed E-state index contributed by atoms with van der Waals surface area (Å²) in [6.07, 6.45) is 2.65. The second-order valence-corrected chi connectivity index (χ2v) is 6.31. The van der Waals surface area contributed by atoms with E-state index >= 15 is 0 Å². The average Bonchev–Trinajstić information content (AvgIpc) is 2.63. The lowest BCUT2D eigenvalue weighted by Crippen LogP contribution is -2.56. The van der Waals surface area contributed by atoms with Crippen LogP contribution < -0.4 is 5.32 Å². The van der Waals surface area contributed by atoms with Gasteiger partial charge in [-0.25, -0.2) is 4.79 Å². The van der Waals surface area contributed by atoms with Crippen LogP contribution in [0.15, 0.2) is 0 Å². The summed E-state index contributed by atoms with van der Waals surface area (Å²) in [6, 6.07) is 0. The standard InChI is InChI=1S/C12H22BrNO3/c1-11(2,3)17-10(16)14-12(9(15)8-13)6-4-5-7-12/h9,15H,4-8H2,1-3H3,(H,14,16). The van der Waals surface area contributed by atoms with Crippen LogP contribution in [0.4, 0.5) is 4.79 Å². The Morgan fingerprint density at radius 2 is 2.00 bits per heavy atom. The molecule has 1 saturated carbocycles. The molecule has 0 aromatic carbocycles. The SMILES string of the molecule is CC(C)(C)OC(=O)NC1(C(O)CBr)CCCC1. The first kappa shape index (κ1) is 14.8. The van der Waals surface area contributed by atoms with Crippen LogP contribution in [-0.4, -0.2) is 33.8 Å². The maximum atomic E-state index is 11.8. The van der Waals surface area contributed by atoms with Crippen LogP contribution in [0.5, 0.6) is 0 Å². The molecule has 0 aliphatic heterocycles. The third-order valence-electron chi connectivity index (χ3n) is 3.03. The summed E-state index contributed by atoms with van der Waals surface area (Å²) in [7, 11) is 0. The highest BCUT2D eigenvalue weighted by Crippen LogP contribution is 2.33. The zero-order chi connectivity index (χ0) is 13.1. The number of amides is 1. The zero-order valence-corrected chi connectivity index (χ0v) is 12.3. The predicted molar refractivity (Wildman–Crippen MR) is 70.4 cm³/mol. The van der Waals surface area contributed by atoms with Crippen molar-refractivity contribution in [1.29, 1.82) is 0 Å². The largest absolute Gasteiger partial charge is 0.444 e. The summed E-state index contributed by atoms with van der Waals surface area (Å²) in [5, 5.41) is 13.4. The molecule has 1 rings (SSSR count). The molecule has 0 bridgehead atoms. The fraction of sp³-hybridized carbons (Fsp3) is 0.917. The maximum Gasteiger partial charge on any atom is 0.408 e. The summed E-state index contributed by atoms with van der Waals surface area (Å²) >= 11 is 3.27. The Labute approximate surface area is 111 Å². The van der Waals surface area contributed by atoms with Crippen LogP contribution >= 0.6 is 15.9 Å². The van der Waals surface area contributed by atoms with Crippen molar-refractivity contribution in [2.75, 3.05) is 5.33 Å². The van der Waals surface area contributed by atoms with Crippen LogP contribution in [0.25, 0.3) is 0 Å². The van der Waals surface area contributed by atoms with Crippen LogP contribution in [0.1, 0.15) is 46.5 Å². The van der Waals surface area contributed by atoms with Gasteiger partial charge in [0, 0.05) is 5.33 Å². The molecular formula is C12H22BrNO3. The smallest absolute Gasteiger partial charge is 0.408 e. The Bertz CT molecular complexity index is 269. The Balaban J connectivity index is 2.65. The molecule has 0 spiro atoms. The molecule has 5 heteroatoms. The van der Waals surface area contributed by atoms with E-state index in [1.54, 1.807) is 0 Å². The van der Waals surface area contributed by atoms with E-state index in [0.29, 0.717) is 5.33 Å². The van der Waals surface area contributed by atoms with Gasteiger partial charge in [0.25, 0.3) is 0 Å². The Morgan fingerprint density at radius 3 is 2.41 bits per heavy atom. The van der Waals surface area contributed by atoms with Crippen molar-refractivity contribution >= 4 is 22.0 Å². The number of nitrogens with one attached hydrogen (secondary N) is 1. The van der Waals surface area contributed by atoms with E-state index in [1.165, 1.54) is 0 Å². The van der Waals surface area contributed by atoms with Crippen molar-refractivity contribution in [3.05, 3.63) is 0 Å². The molecule has 0 aromatic rings. The molecule has 17 heavy (non-hydrogen) atoms. The molecule has 2 N–H and O–H groups in total. The number of hydrogen-bond acceptors (Lipinski definition) is 3. The van der Waals surface area contributed by atoms with E-state index in [9.17, 15) is 9.90 Å². The Hall–Kier alpha value is -0.290. The van der Waals surface area contributed by atoms with Crippen molar-refractivity contribution in [1.82, 2.24) is 5.32 Å². The summed E-state index contributed by atoms with van der Waals surface area (Å²) < 4.78 is 5.24. The van der Waals surface area contributed by atoms with Crippen molar-refractivity contribution in [2.45, 2.75) is 63.7 Å². The number of rotatable bonds is 3. The van der Waals surface area contributed by atoms with E-state index in [0.717, 1.165) is 25.7 Å². The highest BCUT2D eigenvalue weighted by Gasteiger charge is 2.42. The number of halogens is 1. The van der Waals surface area contributed by atoms with E-state index < -0.39 is 23.3 Å². The first-order chi connectivity index (χ1) is 7.79. The minimum Gasteiger partial charge on any atom is -0.444 e. The molecule has 1 amide bonds. The maximum absolute atomic E-state index is 11.8. The van der Waals surface area contributed by atoms with Gasteiger partial charge < -0.3 is 15.2 Å². The Kier molecular flexibility index (Phi) is 4.84. The number of aliphatic hydroxyl groups is 1. The van der Waals surface area contributed by atoms with Crippen LogP contribution in [0.3, 0.4) is 0 Å². The van der Waals surface area contributed by atoms with Gasteiger partial charge in [-0.1, -0.05) is 28.8 Å². The normalized spacial score (nSPS) is 21.0. The molecular weight excluding hydrogens is 286 g/mol. The number of alkyl carbamates (subject to hydrolysis) is 1. The molecule has 1 aliphatic carbocycles. The van der Waals surface area contributed by atoms with E-state index in [2.05, 4.69) is 21.2 Å². The van der Waals surface area contributed by atoms with Crippen molar-refractivity contribution in [3.63, 3.8) is 0 Å². The van der Waals surface area contributed by atoms with Crippen molar-refractivity contribution < 1.29 is 14.6 Å². The van der Waals surface area contributed by atoms with Crippen molar-refractivity contribution in [3.8, 4) is 0 Å². The van der Waals surface area contributed by atoms with Gasteiger partial charge in [0.15, 0.2) is 0 Å². The van der Waals surface area contributed by atoms with Gasteiger partial charge in [-0.2, -0.15) is 0 Å². The Morgan fingerprint density at radius 1 is 1.47 bits per heavy atom. The highest BCUT2D eigenvalue weighted by molar-refractivity contribution is 9.09.